The van der Waals surface area contributed by atoms with Gasteiger partial charge in [0, 0.05) is 18.5 Å². The van der Waals surface area contributed by atoms with Gasteiger partial charge in [-0.2, -0.15) is 0 Å². The van der Waals surface area contributed by atoms with Crippen LogP contribution in [-0.4, -0.2) is 47.9 Å². The average Bonchev–Trinajstić information content (AvgIpc) is 2.68. The Morgan fingerprint density at radius 2 is 1.93 bits per heavy atom. The molecule has 27 heavy (non-hydrogen) atoms. The summed E-state index contributed by atoms with van der Waals surface area (Å²) in [6.45, 7) is 3.46. The number of hydrogen-bond donors (Lipinski definition) is 3. The zero-order valence-corrected chi connectivity index (χ0v) is 15.8. The molecule has 0 bridgehead atoms. The number of carbonyl (C=O) groups excluding carboxylic acids is 1. The number of hydrogen-bond acceptors (Lipinski definition) is 5. The molecule has 0 amide bonds. The van der Waals surface area contributed by atoms with Gasteiger partial charge in [-0.25, -0.2) is 0 Å². The number of aromatic hydroxyl groups is 1. The predicted octanol–water partition coefficient (Wildman–Crippen LogP) is 2.95. The maximum Gasteiger partial charge on any atom is 0.191 e. The van der Waals surface area contributed by atoms with Crippen LogP contribution in [0.1, 0.15) is 35.7 Å². The molecule has 0 aliphatic rings. The van der Waals surface area contributed by atoms with Crippen LogP contribution < -0.4 is 5.32 Å². The highest BCUT2D eigenvalue weighted by atomic mass is 16.5. The molecule has 0 saturated carbocycles. The van der Waals surface area contributed by atoms with Crippen molar-refractivity contribution in [3.05, 3.63) is 65.7 Å². The Bertz CT molecular complexity index is 690. The van der Waals surface area contributed by atoms with Gasteiger partial charge in [0.15, 0.2) is 5.78 Å². The zero-order valence-electron chi connectivity index (χ0n) is 15.8. The summed E-state index contributed by atoms with van der Waals surface area (Å²) in [4.78, 5) is 12.9. The summed E-state index contributed by atoms with van der Waals surface area (Å²) < 4.78 is 5.80. The Balaban J connectivity index is 2.00. The molecule has 0 spiro atoms. The molecule has 2 rings (SSSR count). The van der Waals surface area contributed by atoms with Crippen LogP contribution in [-0.2, 0) is 11.2 Å². The minimum absolute atomic E-state index is 0.0706. The van der Waals surface area contributed by atoms with Crippen LogP contribution >= 0.6 is 0 Å². The van der Waals surface area contributed by atoms with Gasteiger partial charge in [0.25, 0.3) is 0 Å². The number of phenolic OH excluding ortho intramolecular Hbond substituents is 1. The summed E-state index contributed by atoms with van der Waals surface area (Å²) in [5, 5.41) is 23.0. The van der Waals surface area contributed by atoms with E-state index in [1.807, 2.05) is 24.3 Å². The molecule has 5 nitrogen and oxygen atoms in total. The van der Waals surface area contributed by atoms with E-state index in [4.69, 9.17) is 4.74 Å². The fourth-order valence-electron chi connectivity index (χ4n) is 2.77. The van der Waals surface area contributed by atoms with Crippen LogP contribution in [0.5, 0.6) is 5.75 Å². The molecule has 0 aromatic heterocycles. The van der Waals surface area contributed by atoms with Crippen LogP contribution in [0.3, 0.4) is 0 Å². The molecule has 3 N–H and O–H groups in total. The molecule has 0 fully saturated rings. The number of carbonyl (C=O) groups is 1. The van der Waals surface area contributed by atoms with Gasteiger partial charge in [0.2, 0.25) is 0 Å². The summed E-state index contributed by atoms with van der Waals surface area (Å²) in [6, 6.07) is 15.8. The lowest BCUT2D eigenvalue weighted by Gasteiger charge is -2.20. The predicted molar refractivity (Wildman–Crippen MR) is 106 cm³/mol. The minimum atomic E-state index is -0.723. The summed E-state index contributed by atoms with van der Waals surface area (Å²) in [5.41, 5.74) is 1.37. The lowest BCUT2D eigenvalue weighted by molar-refractivity contribution is -0.00166. The standard InChI is InChI=1S/C22H29NO4/c1-2-3-12-23-15-20(25)16-27-21(14-17-8-7-11-19(24)13-17)22(26)18-9-5-4-6-10-18/h4-11,13,20-21,23-25H,2-3,12,14-16H2,1H3. The molecular formula is C22H29NO4. The third-order valence-corrected chi connectivity index (χ3v) is 4.26. The molecule has 2 aromatic rings. The summed E-state index contributed by atoms with van der Waals surface area (Å²) in [6.07, 6.45) is 1.08. The summed E-state index contributed by atoms with van der Waals surface area (Å²) in [7, 11) is 0. The van der Waals surface area contributed by atoms with E-state index in [0.29, 0.717) is 18.5 Å². The molecule has 0 saturated heterocycles. The van der Waals surface area contributed by atoms with Crippen molar-refractivity contribution >= 4 is 5.78 Å². The van der Waals surface area contributed by atoms with E-state index in [9.17, 15) is 15.0 Å². The first-order chi connectivity index (χ1) is 13.1. The van der Waals surface area contributed by atoms with Crippen LogP contribution in [0, 0.1) is 0 Å². The van der Waals surface area contributed by atoms with Gasteiger partial charge in [-0.3, -0.25) is 4.79 Å². The van der Waals surface area contributed by atoms with Crippen molar-refractivity contribution in [2.75, 3.05) is 19.7 Å². The van der Waals surface area contributed by atoms with Crippen molar-refractivity contribution < 1.29 is 19.7 Å². The van der Waals surface area contributed by atoms with E-state index in [2.05, 4.69) is 12.2 Å². The Morgan fingerprint density at radius 1 is 1.15 bits per heavy atom. The van der Waals surface area contributed by atoms with Crippen molar-refractivity contribution in [1.82, 2.24) is 5.32 Å². The van der Waals surface area contributed by atoms with Crippen molar-refractivity contribution in [3.8, 4) is 5.75 Å². The monoisotopic (exact) mass is 371 g/mol. The number of unbranched alkanes of at least 4 members (excludes halogenated alkanes) is 1. The molecule has 0 aliphatic carbocycles. The van der Waals surface area contributed by atoms with E-state index in [1.165, 1.54) is 0 Å². The summed E-state index contributed by atoms with van der Waals surface area (Å²) >= 11 is 0. The van der Waals surface area contributed by atoms with Crippen LogP contribution in [0.15, 0.2) is 54.6 Å². The maximum atomic E-state index is 12.9. The first-order valence-electron chi connectivity index (χ1n) is 9.47. The number of aliphatic hydroxyl groups excluding tert-OH is 1. The first kappa shape index (κ1) is 21.1. The largest absolute Gasteiger partial charge is 0.508 e. The third-order valence-electron chi connectivity index (χ3n) is 4.26. The fourth-order valence-corrected chi connectivity index (χ4v) is 2.77. The van der Waals surface area contributed by atoms with Gasteiger partial charge in [-0.15, -0.1) is 0 Å². The van der Waals surface area contributed by atoms with E-state index in [1.54, 1.807) is 30.3 Å². The Hall–Kier alpha value is -2.21. The van der Waals surface area contributed by atoms with Gasteiger partial charge in [0.1, 0.15) is 11.9 Å². The summed E-state index contributed by atoms with van der Waals surface area (Å²) in [5.74, 6) is 0.0173. The van der Waals surface area contributed by atoms with E-state index < -0.39 is 12.2 Å². The molecule has 0 aliphatic heterocycles. The number of Topliss-reactive ketones (excluding diaryl/α,β-unsaturated/α-hetero) is 1. The lowest BCUT2D eigenvalue weighted by atomic mass is 9.99. The molecule has 2 aromatic carbocycles. The Kier molecular flexibility index (Phi) is 8.98. The average molecular weight is 371 g/mol. The second kappa shape index (κ2) is 11.5. The molecule has 146 valence electrons. The van der Waals surface area contributed by atoms with Crippen molar-refractivity contribution in [3.63, 3.8) is 0 Å². The zero-order chi connectivity index (χ0) is 19.5. The molecular weight excluding hydrogens is 342 g/mol. The van der Waals surface area contributed by atoms with Gasteiger partial charge < -0.3 is 20.3 Å². The van der Waals surface area contributed by atoms with Crippen molar-refractivity contribution in [1.29, 1.82) is 0 Å². The molecule has 5 heteroatoms. The SMILES string of the molecule is CCCCNCC(O)COC(Cc1cccc(O)c1)C(=O)c1ccccc1. The number of ether oxygens (including phenoxy) is 1. The number of aliphatic hydroxyl groups is 1. The highest BCUT2D eigenvalue weighted by Gasteiger charge is 2.22. The second-order valence-electron chi connectivity index (χ2n) is 6.64. The normalized spacial score (nSPS) is 13.3. The van der Waals surface area contributed by atoms with Crippen LogP contribution in [0.25, 0.3) is 0 Å². The maximum absolute atomic E-state index is 12.9. The van der Waals surface area contributed by atoms with Gasteiger partial charge in [0.05, 0.1) is 12.7 Å². The smallest absolute Gasteiger partial charge is 0.191 e. The van der Waals surface area contributed by atoms with Crippen molar-refractivity contribution in [2.24, 2.45) is 0 Å². The van der Waals surface area contributed by atoms with Crippen LogP contribution in [0.4, 0.5) is 0 Å². The lowest BCUT2D eigenvalue weighted by Crippen LogP contribution is -2.35. The number of rotatable bonds is 12. The Morgan fingerprint density at radius 3 is 2.63 bits per heavy atom. The second-order valence-corrected chi connectivity index (χ2v) is 6.64. The number of benzene rings is 2. The highest BCUT2D eigenvalue weighted by Crippen LogP contribution is 2.16. The highest BCUT2D eigenvalue weighted by molar-refractivity contribution is 5.99. The Labute approximate surface area is 161 Å². The van der Waals surface area contributed by atoms with Crippen molar-refractivity contribution in [2.45, 2.75) is 38.4 Å². The van der Waals surface area contributed by atoms with Crippen LogP contribution in [0.2, 0.25) is 0 Å². The third kappa shape index (κ3) is 7.51. The molecule has 0 radical (unpaired) electrons. The van der Waals surface area contributed by atoms with Gasteiger partial charge >= 0.3 is 0 Å². The van der Waals surface area contributed by atoms with Gasteiger partial charge in [-0.1, -0.05) is 55.8 Å². The minimum Gasteiger partial charge on any atom is -0.508 e. The van der Waals surface area contributed by atoms with Gasteiger partial charge in [-0.05, 0) is 30.7 Å². The molecule has 0 heterocycles. The number of ketones is 1. The van der Waals surface area contributed by atoms with E-state index >= 15 is 0 Å². The van der Waals surface area contributed by atoms with E-state index in [-0.39, 0.29) is 18.1 Å². The number of phenols is 1. The quantitative estimate of drug-likeness (QED) is 0.395. The first-order valence-corrected chi connectivity index (χ1v) is 9.47. The molecule has 2 unspecified atom stereocenters. The topological polar surface area (TPSA) is 78.8 Å². The number of nitrogens with one attached hydrogen (secondary N) is 1. The fraction of sp³-hybridized carbons (Fsp3) is 0.409. The molecule has 2 atom stereocenters. The van der Waals surface area contributed by atoms with E-state index in [0.717, 1.165) is 24.9 Å².